The number of aryl methyl sites for hydroxylation is 1. The molecule has 0 aliphatic rings. The molecule has 0 unspecified atom stereocenters. The monoisotopic (exact) mass is 263 g/mol. The van der Waals surface area contributed by atoms with Crippen LogP contribution in [0.15, 0.2) is 60.8 Å². The maximum Gasteiger partial charge on any atom is 0.213 e. The number of rotatable bonds is 3. The van der Waals surface area contributed by atoms with E-state index in [1.165, 1.54) is 6.20 Å². The molecule has 20 heavy (non-hydrogen) atoms. The summed E-state index contributed by atoms with van der Waals surface area (Å²) in [5.41, 5.74) is 2.90. The quantitative estimate of drug-likeness (QED) is 0.683. The van der Waals surface area contributed by atoms with Crippen molar-refractivity contribution in [1.29, 1.82) is 0 Å². The first-order valence-electron chi connectivity index (χ1n) is 6.34. The van der Waals surface area contributed by atoms with Gasteiger partial charge in [-0.15, -0.1) is 5.10 Å². The van der Waals surface area contributed by atoms with E-state index >= 15 is 0 Å². The summed E-state index contributed by atoms with van der Waals surface area (Å²) in [6.07, 6.45) is 1.50. The molecule has 1 heterocycles. The Balaban J connectivity index is 2.07. The predicted molar refractivity (Wildman–Crippen MR) is 76.0 cm³/mol. The maximum atomic E-state index is 12.6. The lowest BCUT2D eigenvalue weighted by Gasteiger charge is -2.07. The summed E-state index contributed by atoms with van der Waals surface area (Å²) in [6.45, 7) is 1.92. The van der Waals surface area contributed by atoms with E-state index in [9.17, 15) is 4.79 Å². The van der Waals surface area contributed by atoms with Crippen molar-refractivity contribution < 1.29 is 4.79 Å². The summed E-state index contributed by atoms with van der Waals surface area (Å²) in [6, 6.07) is 17.0. The van der Waals surface area contributed by atoms with E-state index in [-0.39, 0.29) is 5.78 Å². The molecule has 0 bridgehead atoms. The van der Waals surface area contributed by atoms with Gasteiger partial charge in [0.2, 0.25) is 5.78 Å². The number of hydrogen-bond donors (Lipinski definition) is 0. The molecule has 98 valence electrons. The Hall–Kier alpha value is -2.75. The second-order valence-electron chi connectivity index (χ2n) is 4.51. The fraction of sp³-hybridized carbons (Fsp3) is 0.0625. The Morgan fingerprint density at radius 2 is 1.70 bits per heavy atom. The summed E-state index contributed by atoms with van der Waals surface area (Å²) >= 11 is 0. The van der Waals surface area contributed by atoms with Gasteiger partial charge < -0.3 is 0 Å². The first-order valence-corrected chi connectivity index (χ1v) is 6.34. The fourth-order valence-electron chi connectivity index (χ4n) is 2.12. The molecule has 3 rings (SSSR count). The molecular weight excluding hydrogens is 250 g/mol. The molecule has 0 saturated heterocycles. The fourth-order valence-corrected chi connectivity index (χ4v) is 2.12. The molecule has 0 saturated carbocycles. The van der Waals surface area contributed by atoms with Crippen LogP contribution < -0.4 is 0 Å². The van der Waals surface area contributed by atoms with Gasteiger partial charge in [-0.2, -0.15) is 0 Å². The molecule has 1 aromatic heterocycles. The van der Waals surface area contributed by atoms with Crippen LogP contribution >= 0.6 is 0 Å². The maximum absolute atomic E-state index is 12.6. The van der Waals surface area contributed by atoms with E-state index in [1.807, 2.05) is 61.5 Å². The number of hydrogen-bond acceptors (Lipinski definition) is 3. The summed E-state index contributed by atoms with van der Waals surface area (Å²) in [5, 5.41) is 7.88. The highest BCUT2D eigenvalue weighted by Crippen LogP contribution is 2.15. The normalized spacial score (nSPS) is 10.4. The Labute approximate surface area is 116 Å². The van der Waals surface area contributed by atoms with Crippen molar-refractivity contribution in [2.75, 3.05) is 0 Å². The summed E-state index contributed by atoms with van der Waals surface area (Å²) in [4.78, 5) is 12.6. The van der Waals surface area contributed by atoms with Gasteiger partial charge in [0.1, 0.15) is 5.69 Å². The number of carbonyl (C=O) groups is 1. The van der Waals surface area contributed by atoms with E-state index in [0.717, 1.165) is 11.3 Å². The van der Waals surface area contributed by atoms with Crippen LogP contribution in [-0.4, -0.2) is 20.8 Å². The molecule has 0 fully saturated rings. The van der Waals surface area contributed by atoms with Gasteiger partial charge in [0, 0.05) is 5.56 Å². The molecule has 4 heteroatoms. The third kappa shape index (κ3) is 2.12. The minimum atomic E-state index is -0.0723. The summed E-state index contributed by atoms with van der Waals surface area (Å²) < 4.78 is 1.56. The SMILES string of the molecule is Cc1ccccc1C(=O)c1cnnn1-c1ccccc1. The van der Waals surface area contributed by atoms with E-state index in [4.69, 9.17) is 0 Å². The summed E-state index contributed by atoms with van der Waals surface area (Å²) in [5.74, 6) is -0.0723. The van der Waals surface area contributed by atoms with Gasteiger partial charge in [-0.1, -0.05) is 47.7 Å². The average molecular weight is 263 g/mol. The van der Waals surface area contributed by atoms with E-state index in [1.54, 1.807) is 4.68 Å². The van der Waals surface area contributed by atoms with E-state index < -0.39 is 0 Å². The molecule has 0 atom stereocenters. The number of para-hydroxylation sites is 1. The minimum absolute atomic E-state index is 0.0723. The molecule has 0 spiro atoms. The second-order valence-corrected chi connectivity index (χ2v) is 4.51. The minimum Gasteiger partial charge on any atom is -0.287 e. The van der Waals surface area contributed by atoms with E-state index in [2.05, 4.69) is 10.3 Å². The van der Waals surface area contributed by atoms with Crippen molar-refractivity contribution >= 4 is 5.78 Å². The van der Waals surface area contributed by atoms with Crippen molar-refractivity contribution in [1.82, 2.24) is 15.0 Å². The average Bonchev–Trinajstić information content (AvgIpc) is 2.97. The standard InChI is InChI=1S/C16H13N3O/c1-12-7-5-6-10-14(12)16(20)15-11-17-18-19(15)13-8-3-2-4-9-13/h2-11H,1H3. The Morgan fingerprint density at radius 1 is 1.00 bits per heavy atom. The van der Waals surface area contributed by atoms with Crippen molar-refractivity contribution in [2.24, 2.45) is 0 Å². The van der Waals surface area contributed by atoms with Crippen molar-refractivity contribution in [3.8, 4) is 5.69 Å². The zero-order valence-electron chi connectivity index (χ0n) is 11.0. The van der Waals surface area contributed by atoms with Gasteiger partial charge in [-0.3, -0.25) is 4.79 Å². The van der Waals surface area contributed by atoms with Gasteiger partial charge in [-0.05, 0) is 24.6 Å². The number of ketones is 1. The molecular formula is C16H13N3O. The first kappa shape index (κ1) is 12.3. The molecule has 0 N–H and O–H groups in total. The highest BCUT2D eigenvalue weighted by atomic mass is 16.1. The van der Waals surface area contributed by atoms with Gasteiger partial charge >= 0.3 is 0 Å². The number of carbonyl (C=O) groups excluding carboxylic acids is 1. The van der Waals surface area contributed by atoms with Crippen molar-refractivity contribution in [3.05, 3.63) is 77.6 Å². The van der Waals surface area contributed by atoms with Crippen LogP contribution in [0, 0.1) is 6.92 Å². The molecule has 4 nitrogen and oxygen atoms in total. The third-order valence-electron chi connectivity index (χ3n) is 3.17. The highest BCUT2D eigenvalue weighted by Gasteiger charge is 2.17. The lowest BCUT2D eigenvalue weighted by molar-refractivity contribution is 0.103. The van der Waals surface area contributed by atoms with Crippen LogP contribution in [0.4, 0.5) is 0 Å². The number of nitrogens with zero attached hydrogens (tertiary/aromatic N) is 3. The lowest BCUT2D eigenvalue weighted by Crippen LogP contribution is -2.11. The van der Waals surface area contributed by atoms with Gasteiger partial charge in [-0.25, -0.2) is 4.68 Å². The Morgan fingerprint density at radius 3 is 2.45 bits per heavy atom. The third-order valence-corrected chi connectivity index (χ3v) is 3.17. The van der Waals surface area contributed by atoms with Crippen LogP contribution in [0.1, 0.15) is 21.6 Å². The van der Waals surface area contributed by atoms with Gasteiger partial charge in [0.05, 0.1) is 11.9 Å². The smallest absolute Gasteiger partial charge is 0.213 e. The Kier molecular flexibility index (Phi) is 3.13. The van der Waals surface area contributed by atoms with Crippen molar-refractivity contribution in [2.45, 2.75) is 6.92 Å². The Bertz CT molecular complexity index is 747. The largest absolute Gasteiger partial charge is 0.287 e. The van der Waals surface area contributed by atoms with Gasteiger partial charge in [0.15, 0.2) is 0 Å². The molecule has 2 aromatic carbocycles. The molecule has 3 aromatic rings. The van der Waals surface area contributed by atoms with Crippen LogP contribution in [0.2, 0.25) is 0 Å². The number of aromatic nitrogens is 3. The molecule has 0 aliphatic carbocycles. The zero-order chi connectivity index (χ0) is 13.9. The zero-order valence-corrected chi connectivity index (χ0v) is 11.0. The van der Waals surface area contributed by atoms with Gasteiger partial charge in [0.25, 0.3) is 0 Å². The highest BCUT2D eigenvalue weighted by molar-refractivity contribution is 6.08. The number of benzene rings is 2. The molecule has 0 aliphatic heterocycles. The predicted octanol–water partition coefficient (Wildman–Crippen LogP) is 2.81. The molecule has 0 radical (unpaired) electrons. The lowest BCUT2D eigenvalue weighted by atomic mass is 10.0. The topological polar surface area (TPSA) is 47.8 Å². The summed E-state index contributed by atoms with van der Waals surface area (Å²) in [7, 11) is 0. The van der Waals surface area contributed by atoms with Crippen molar-refractivity contribution in [3.63, 3.8) is 0 Å². The first-order chi connectivity index (χ1) is 9.77. The van der Waals surface area contributed by atoms with Crippen LogP contribution in [0.5, 0.6) is 0 Å². The second kappa shape index (κ2) is 5.09. The molecule has 0 amide bonds. The van der Waals surface area contributed by atoms with Crippen LogP contribution in [-0.2, 0) is 0 Å². The van der Waals surface area contributed by atoms with Crippen LogP contribution in [0.3, 0.4) is 0 Å². The van der Waals surface area contributed by atoms with Crippen LogP contribution in [0.25, 0.3) is 5.69 Å². The van der Waals surface area contributed by atoms with E-state index in [0.29, 0.717) is 11.3 Å².